The van der Waals surface area contributed by atoms with Gasteiger partial charge >= 0.3 is 5.97 Å². The SMILES string of the molecule is CC(N)CCSCCC(=O)OC(C)(C)C. The highest BCUT2D eigenvalue weighted by atomic mass is 32.2. The third kappa shape index (κ3) is 11.7. The van der Waals surface area contributed by atoms with E-state index in [0.717, 1.165) is 17.9 Å². The fourth-order valence-electron chi connectivity index (χ4n) is 0.919. The van der Waals surface area contributed by atoms with Gasteiger partial charge in [-0.15, -0.1) is 0 Å². The molecule has 3 nitrogen and oxygen atoms in total. The number of hydrogen-bond acceptors (Lipinski definition) is 4. The molecule has 0 fully saturated rings. The zero-order valence-corrected chi connectivity index (χ0v) is 11.0. The molecule has 0 aliphatic carbocycles. The van der Waals surface area contributed by atoms with E-state index < -0.39 is 0 Å². The molecule has 0 saturated heterocycles. The third-order valence-electron chi connectivity index (χ3n) is 1.59. The van der Waals surface area contributed by atoms with Gasteiger partial charge in [-0.1, -0.05) is 0 Å². The van der Waals surface area contributed by atoms with Gasteiger partial charge in [-0.25, -0.2) is 0 Å². The molecule has 0 rings (SSSR count). The minimum Gasteiger partial charge on any atom is -0.460 e. The van der Waals surface area contributed by atoms with Gasteiger partial charge in [-0.3, -0.25) is 4.79 Å². The first-order valence-electron chi connectivity index (χ1n) is 5.36. The maximum absolute atomic E-state index is 11.3. The van der Waals surface area contributed by atoms with Crippen LogP contribution in [0, 0.1) is 0 Å². The summed E-state index contributed by atoms with van der Waals surface area (Å²) in [7, 11) is 0. The Morgan fingerprint density at radius 3 is 2.47 bits per heavy atom. The molecule has 15 heavy (non-hydrogen) atoms. The minimum atomic E-state index is -0.368. The number of esters is 1. The van der Waals surface area contributed by atoms with Crippen LogP contribution < -0.4 is 5.73 Å². The van der Waals surface area contributed by atoms with Crippen LogP contribution in [0.25, 0.3) is 0 Å². The van der Waals surface area contributed by atoms with Gasteiger partial charge in [-0.05, 0) is 39.9 Å². The summed E-state index contributed by atoms with van der Waals surface area (Å²) in [5.41, 5.74) is 5.25. The number of carbonyl (C=O) groups excluding carboxylic acids is 1. The van der Waals surface area contributed by atoms with Crippen molar-refractivity contribution in [1.29, 1.82) is 0 Å². The molecule has 90 valence electrons. The molecule has 0 aromatic carbocycles. The molecule has 1 unspecified atom stereocenters. The first-order valence-corrected chi connectivity index (χ1v) is 6.52. The van der Waals surface area contributed by atoms with Crippen molar-refractivity contribution in [1.82, 2.24) is 0 Å². The smallest absolute Gasteiger partial charge is 0.307 e. The average molecular weight is 233 g/mol. The normalized spacial score (nSPS) is 13.7. The van der Waals surface area contributed by atoms with Crippen molar-refractivity contribution in [3.8, 4) is 0 Å². The Balaban J connectivity index is 3.40. The maximum atomic E-state index is 11.3. The lowest BCUT2D eigenvalue weighted by Gasteiger charge is -2.19. The molecule has 0 aromatic rings. The fourth-order valence-corrected chi connectivity index (χ4v) is 1.97. The molecule has 1 atom stereocenters. The lowest BCUT2D eigenvalue weighted by Crippen LogP contribution is -2.24. The molecule has 0 spiro atoms. The summed E-state index contributed by atoms with van der Waals surface area (Å²) in [6.07, 6.45) is 1.49. The Labute approximate surface area is 97.1 Å². The zero-order chi connectivity index (χ0) is 11.9. The van der Waals surface area contributed by atoms with Crippen molar-refractivity contribution in [2.24, 2.45) is 5.73 Å². The number of carbonyl (C=O) groups is 1. The fraction of sp³-hybridized carbons (Fsp3) is 0.909. The second-order valence-electron chi connectivity index (χ2n) is 4.71. The first kappa shape index (κ1) is 14.8. The summed E-state index contributed by atoms with van der Waals surface area (Å²) in [6, 6.07) is 0.249. The van der Waals surface area contributed by atoms with E-state index in [1.165, 1.54) is 0 Å². The lowest BCUT2D eigenvalue weighted by molar-refractivity contribution is -0.154. The monoisotopic (exact) mass is 233 g/mol. The summed E-state index contributed by atoms with van der Waals surface area (Å²) in [4.78, 5) is 11.3. The topological polar surface area (TPSA) is 52.3 Å². The van der Waals surface area contributed by atoms with Crippen molar-refractivity contribution in [2.45, 2.75) is 52.2 Å². The van der Waals surface area contributed by atoms with Crippen LogP contribution in [0.2, 0.25) is 0 Å². The Hall–Kier alpha value is -0.220. The van der Waals surface area contributed by atoms with Gasteiger partial charge in [0.05, 0.1) is 6.42 Å². The number of ether oxygens (including phenoxy) is 1. The van der Waals surface area contributed by atoms with Crippen LogP contribution in [0.15, 0.2) is 0 Å². The standard InChI is InChI=1S/C11H23NO2S/c1-9(12)5-7-15-8-6-10(13)14-11(2,3)4/h9H,5-8,12H2,1-4H3. The summed E-state index contributed by atoms with van der Waals surface area (Å²) in [5.74, 6) is 1.72. The predicted molar refractivity (Wildman–Crippen MR) is 66.1 cm³/mol. The second kappa shape index (κ2) is 7.12. The summed E-state index contributed by atoms with van der Waals surface area (Å²) in [5, 5.41) is 0. The molecule has 4 heteroatoms. The Kier molecular flexibility index (Phi) is 7.02. The van der Waals surface area contributed by atoms with Gasteiger partial charge in [-0.2, -0.15) is 11.8 Å². The van der Waals surface area contributed by atoms with Crippen LogP contribution in [-0.4, -0.2) is 29.1 Å². The molecular weight excluding hydrogens is 210 g/mol. The molecule has 0 aliphatic rings. The van der Waals surface area contributed by atoms with Crippen LogP contribution in [0.5, 0.6) is 0 Å². The van der Waals surface area contributed by atoms with E-state index in [2.05, 4.69) is 0 Å². The van der Waals surface area contributed by atoms with Gasteiger partial charge in [0.25, 0.3) is 0 Å². The molecule has 0 aliphatic heterocycles. The largest absolute Gasteiger partial charge is 0.460 e. The average Bonchev–Trinajstić information content (AvgIpc) is 1.99. The Morgan fingerprint density at radius 2 is 2.00 bits per heavy atom. The van der Waals surface area contributed by atoms with E-state index in [-0.39, 0.29) is 17.6 Å². The Morgan fingerprint density at radius 1 is 1.40 bits per heavy atom. The van der Waals surface area contributed by atoms with Crippen LogP contribution in [0.1, 0.15) is 40.5 Å². The predicted octanol–water partition coefficient (Wildman–Crippen LogP) is 2.19. The summed E-state index contributed by atoms with van der Waals surface area (Å²) >= 11 is 1.76. The number of thioether (sulfide) groups is 1. The molecule has 0 saturated carbocycles. The number of rotatable bonds is 6. The molecule has 2 N–H and O–H groups in total. The van der Waals surface area contributed by atoms with Crippen LogP contribution in [-0.2, 0) is 9.53 Å². The third-order valence-corrected chi connectivity index (χ3v) is 2.61. The van der Waals surface area contributed by atoms with Crippen molar-refractivity contribution >= 4 is 17.7 Å². The quantitative estimate of drug-likeness (QED) is 0.564. The maximum Gasteiger partial charge on any atom is 0.307 e. The van der Waals surface area contributed by atoms with Crippen molar-refractivity contribution < 1.29 is 9.53 Å². The zero-order valence-electron chi connectivity index (χ0n) is 10.2. The second-order valence-corrected chi connectivity index (χ2v) is 5.94. The Bertz CT molecular complexity index is 188. The highest BCUT2D eigenvalue weighted by Gasteiger charge is 2.15. The van der Waals surface area contributed by atoms with Crippen molar-refractivity contribution in [3.63, 3.8) is 0 Å². The minimum absolute atomic E-state index is 0.115. The number of nitrogens with two attached hydrogens (primary N) is 1. The van der Waals surface area contributed by atoms with Crippen LogP contribution in [0.4, 0.5) is 0 Å². The van der Waals surface area contributed by atoms with Gasteiger partial charge in [0.2, 0.25) is 0 Å². The molecule has 0 bridgehead atoms. The summed E-state index contributed by atoms with van der Waals surface area (Å²) < 4.78 is 5.19. The lowest BCUT2D eigenvalue weighted by atomic mass is 10.2. The highest BCUT2D eigenvalue weighted by molar-refractivity contribution is 7.99. The van der Waals surface area contributed by atoms with E-state index in [1.807, 2.05) is 27.7 Å². The van der Waals surface area contributed by atoms with E-state index in [0.29, 0.717) is 6.42 Å². The molecule has 0 amide bonds. The van der Waals surface area contributed by atoms with Gasteiger partial charge in [0, 0.05) is 11.8 Å². The van der Waals surface area contributed by atoms with E-state index in [4.69, 9.17) is 10.5 Å². The van der Waals surface area contributed by atoms with Gasteiger partial charge < -0.3 is 10.5 Å². The number of hydrogen-bond donors (Lipinski definition) is 1. The molecular formula is C11H23NO2S. The molecule has 0 radical (unpaired) electrons. The van der Waals surface area contributed by atoms with Crippen molar-refractivity contribution in [2.75, 3.05) is 11.5 Å². The van der Waals surface area contributed by atoms with Gasteiger partial charge in [0.15, 0.2) is 0 Å². The van der Waals surface area contributed by atoms with Crippen LogP contribution >= 0.6 is 11.8 Å². The van der Waals surface area contributed by atoms with E-state index >= 15 is 0 Å². The first-order chi connectivity index (χ1) is 6.81. The highest BCUT2D eigenvalue weighted by Crippen LogP contribution is 2.11. The molecule has 0 aromatic heterocycles. The molecule has 0 heterocycles. The summed E-state index contributed by atoms with van der Waals surface area (Å²) in [6.45, 7) is 7.64. The van der Waals surface area contributed by atoms with E-state index in [1.54, 1.807) is 11.8 Å². The van der Waals surface area contributed by atoms with Crippen molar-refractivity contribution in [3.05, 3.63) is 0 Å². The van der Waals surface area contributed by atoms with Gasteiger partial charge in [0.1, 0.15) is 5.60 Å². The van der Waals surface area contributed by atoms with Crippen LogP contribution in [0.3, 0.4) is 0 Å². The van der Waals surface area contributed by atoms with E-state index in [9.17, 15) is 4.79 Å².